The number of benzene rings is 2. The molecule has 0 atom stereocenters. The summed E-state index contributed by atoms with van der Waals surface area (Å²) in [5, 5.41) is 0.240. The van der Waals surface area contributed by atoms with Crippen LogP contribution in [0.3, 0.4) is 0 Å². The van der Waals surface area contributed by atoms with Crippen molar-refractivity contribution in [3.05, 3.63) is 58.9 Å². The van der Waals surface area contributed by atoms with Gasteiger partial charge < -0.3 is 19.2 Å². The molecule has 39 heavy (non-hydrogen) atoms. The second-order valence-electron chi connectivity index (χ2n) is 8.35. The predicted molar refractivity (Wildman–Crippen MR) is 144 cm³/mol. The summed E-state index contributed by atoms with van der Waals surface area (Å²) in [6.07, 6.45) is 2.03. The van der Waals surface area contributed by atoms with Crippen molar-refractivity contribution in [2.24, 2.45) is 0 Å². The SMILES string of the molecule is COc1cc(OC)c2c(=O)[nH]c(-c3ccc(OCCOS(C)(=O)=O)c(-c4ccc(S(C)(=O)=O)cc4)n3)nc2c1. The quantitative estimate of drug-likeness (QED) is 0.218. The summed E-state index contributed by atoms with van der Waals surface area (Å²) in [6.45, 7) is -0.330. The lowest BCUT2D eigenvalue weighted by molar-refractivity contribution is 0.222. The molecule has 0 spiro atoms. The Kier molecular flexibility index (Phi) is 7.90. The molecule has 0 radical (unpaired) electrons. The molecule has 0 amide bonds. The van der Waals surface area contributed by atoms with Crippen molar-refractivity contribution in [1.82, 2.24) is 15.0 Å². The lowest BCUT2D eigenvalue weighted by Crippen LogP contribution is -2.13. The molecule has 0 fully saturated rings. The minimum Gasteiger partial charge on any atom is -0.497 e. The first-order valence-electron chi connectivity index (χ1n) is 11.3. The minimum absolute atomic E-state index is 0.104. The van der Waals surface area contributed by atoms with Crippen LogP contribution in [0, 0.1) is 0 Å². The summed E-state index contributed by atoms with van der Waals surface area (Å²) < 4.78 is 67.4. The van der Waals surface area contributed by atoms with Crippen LogP contribution < -0.4 is 19.8 Å². The smallest absolute Gasteiger partial charge is 0.264 e. The fourth-order valence-electron chi connectivity index (χ4n) is 3.71. The Morgan fingerprint density at radius 2 is 1.56 bits per heavy atom. The van der Waals surface area contributed by atoms with Crippen molar-refractivity contribution in [3.8, 4) is 40.0 Å². The van der Waals surface area contributed by atoms with Crippen LogP contribution in [0.4, 0.5) is 0 Å². The van der Waals surface area contributed by atoms with Gasteiger partial charge >= 0.3 is 0 Å². The zero-order chi connectivity index (χ0) is 28.4. The third-order valence-electron chi connectivity index (χ3n) is 5.50. The van der Waals surface area contributed by atoms with Crippen molar-refractivity contribution in [2.45, 2.75) is 4.90 Å². The molecule has 206 valence electrons. The molecular weight excluding hydrogens is 550 g/mol. The van der Waals surface area contributed by atoms with E-state index in [1.54, 1.807) is 36.4 Å². The monoisotopic (exact) mass is 575 g/mol. The molecule has 14 heteroatoms. The van der Waals surface area contributed by atoms with E-state index in [1.807, 2.05) is 0 Å². The number of sulfone groups is 1. The molecule has 12 nitrogen and oxygen atoms in total. The summed E-state index contributed by atoms with van der Waals surface area (Å²) in [6, 6.07) is 12.3. The van der Waals surface area contributed by atoms with Crippen LogP contribution in [0.1, 0.15) is 0 Å². The average molecular weight is 576 g/mol. The van der Waals surface area contributed by atoms with Crippen LogP contribution in [0.15, 0.2) is 58.2 Å². The van der Waals surface area contributed by atoms with E-state index in [9.17, 15) is 21.6 Å². The van der Waals surface area contributed by atoms with Crippen molar-refractivity contribution < 1.29 is 35.2 Å². The summed E-state index contributed by atoms with van der Waals surface area (Å²) in [4.78, 5) is 25.0. The molecule has 4 aromatic rings. The zero-order valence-electron chi connectivity index (χ0n) is 21.4. The fraction of sp³-hybridized carbons (Fsp3) is 0.240. The molecule has 0 unspecified atom stereocenters. The third kappa shape index (κ3) is 6.53. The van der Waals surface area contributed by atoms with Crippen molar-refractivity contribution in [3.63, 3.8) is 0 Å². The number of aromatic nitrogens is 3. The van der Waals surface area contributed by atoms with Gasteiger partial charge in [-0.25, -0.2) is 18.4 Å². The van der Waals surface area contributed by atoms with Crippen LogP contribution in [0.2, 0.25) is 0 Å². The molecule has 2 heterocycles. The Labute approximate surface area is 224 Å². The second-order valence-corrected chi connectivity index (χ2v) is 12.0. The summed E-state index contributed by atoms with van der Waals surface area (Å²) in [5.74, 6) is 1.17. The fourth-order valence-corrected chi connectivity index (χ4v) is 4.71. The minimum atomic E-state index is -3.65. The van der Waals surface area contributed by atoms with Gasteiger partial charge in [0, 0.05) is 24.0 Å². The van der Waals surface area contributed by atoms with Gasteiger partial charge in [-0.15, -0.1) is 0 Å². The van der Waals surface area contributed by atoms with Crippen LogP contribution in [0.5, 0.6) is 17.2 Å². The van der Waals surface area contributed by atoms with E-state index >= 15 is 0 Å². The normalized spacial score (nSPS) is 11.9. The standard InChI is InChI=1S/C25H25N3O9S2/c1-34-16-13-19-22(21(14-16)35-2)25(29)28-24(27-19)18-9-10-20(36-11-12-37-39(4,32)33)23(26-18)15-5-7-17(8-6-15)38(3,30)31/h5-10,13-14H,11-12H2,1-4H3,(H,27,28,29). The van der Waals surface area contributed by atoms with E-state index in [-0.39, 0.29) is 40.8 Å². The number of methoxy groups -OCH3 is 2. The number of ether oxygens (including phenoxy) is 3. The molecule has 2 aromatic carbocycles. The molecule has 1 N–H and O–H groups in total. The molecule has 4 rings (SSSR count). The number of H-pyrrole nitrogens is 1. The zero-order valence-corrected chi connectivity index (χ0v) is 23.1. The number of rotatable bonds is 10. The maximum absolute atomic E-state index is 13.0. The largest absolute Gasteiger partial charge is 0.497 e. The third-order valence-corrected chi connectivity index (χ3v) is 7.22. The van der Waals surface area contributed by atoms with Crippen LogP contribution in [-0.4, -0.2) is 71.7 Å². The van der Waals surface area contributed by atoms with E-state index in [0.29, 0.717) is 28.3 Å². The number of pyridine rings is 1. The molecule has 2 aromatic heterocycles. The van der Waals surface area contributed by atoms with E-state index in [1.165, 1.54) is 26.4 Å². The number of aromatic amines is 1. The van der Waals surface area contributed by atoms with Gasteiger partial charge in [0.15, 0.2) is 15.7 Å². The maximum Gasteiger partial charge on any atom is 0.264 e. The molecular formula is C25H25N3O9S2. The number of hydrogen-bond acceptors (Lipinski definition) is 11. The molecule has 0 aliphatic carbocycles. The first kappa shape index (κ1) is 28.0. The highest BCUT2D eigenvalue weighted by molar-refractivity contribution is 7.90. The van der Waals surface area contributed by atoms with Crippen LogP contribution in [0.25, 0.3) is 33.7 Å². The topological polar surface area (TPSA) is 164 Å². The lowest BCUT2D eigenvalue weighted by Gasteiger charge is -2.13. The van der Waals surface area contributed by atoms with E-state index in [0.717, 1.165) is 12.5 Å². The van der Waals surface area contributed by atoms with Gasteiger partial charge in [-0.2, -0.15) is 8.42 Å². The van der Waals surface area contributed by atoms with Crippen molar-refractivity contribution in [2.75, 3.05) is 39.9 Å². The molecule has 0 aliphatic rings. The average Bonchev–Trinajstić information content (AvgIpc) is 2.89. The Morgan fingerprint density at radius 3 is 2.18 bits per heavy atom. The Balaban J connectivity index is 1.81. The Hall–Kier alpha value is -4.01. The lowest BCUT2D eigenvalue weighted by atomic mass is 10.1. The van der Waals surface area contributed by atoms with Crippen LogP contribution in [-0.2, 0) is 24.1 Å². The van der Waals surface area contributed by atoms with Gasteiger partial charge in [-0.05, 0) is 24.3 Å². The van der Waals surface area contributed by atoms with Crippen LogP contribution >= 0.6 is 0 Å². The first-order valence-corrected chi connectivity index (χ1v) is 15.1. The van der Waals surface area contributed by atoms with Gasteiger partial charge in [0.05, 0.1) is 30.9 Å². The molecule has 0 bridgehead atoms. The van der Waals surface area contributed by atoms with Gasteiger partial charge in [0.25, 0.3) is 15.7 Å². The van der Waals surface area contributed by atoms with E-state index in [4.69, 9.17) is 18.4 Å². The predicted octanol–water partition coefficient (Wildman–Crippen LogP) is 2.43. The Bertz CT molecular complexity index is 1800. The summed E-state index contributed by atoms with van der Waals surface area (Å²) in [7, 11) is -4.16. The highest BCUT2D eigenvalue weighted by Gasteiger charge is 2.17. The number of nitrogens with one attached hydrogen (secondary N) is 1. The Morgan fingerprint density at radius 1 is 0.846 bits per heavy atom. The summed E-state index contributed by atoms with van der Waals surface area (Å²) in [5.41, 5.74) is 0.975. The van der Waals surface area contributed by atoms with Crippen molar-refractivity contribution in [1.29, 1.82) is 0 Å². The van der Waals surface area contributed by atoms with E-state index < -0.39 is 25.5 Å². The molecule has 0 saturated carbocycles. The van der Waals surface area contributed by atoms with Gasteiger partial charge in [0.2, 0.25) is 0 Å². The van der Waals surface area contributed by atoms with Gasteiger partial charge in [-0.3, -0.25) is 8.98 Å². The van der Waals surface area contributed by atoms with Crippen molar-refractivity contribution >= 4 is 30.9 Å². The molecule has 0 saturated heterocycles. The number of nitrogens with zero attached hydrogens (tertiary/aromatic N) is 2. The number of fused-ring (bicyclic) bond motifs is 1. The maximum atomic E-state index is 13.0. The highest BCUT2D eigenvalue weighted by atomic mass is 32.2. The highest BCUT2D eigenvalue weighted by Crippen LogP contribution is 2.32. The first-order chi connectivity index (χ1) is 18.4. The second kappa shape index (κ2) is 11.0. The van der Waals surface area contributed by atoms with Gasteiger partial charge in [-0.1, -0.05) is 12.1 Å². The van der Waals surface area contributed by atoms with E-state index in [2.05, 4.69) is 15.0 Å². The molecule has 0 aliphatic heterocycles. The summed E-state index contributed by atoms with van der Waals surface area (Å²) >= 11 is 0. The van der Waals surface area contributed by atoms with Gasteiger partial charge in [0.1, 0.15) is 47.2 Å². The number of hydrogen-bond donors (Lipinski definition) is 1.